The summed E-state index contributed by atoms with van der Waals surface area (Å²) < 4.78 is 12.1. The van der Waals surface area contributed by atoms with Crippen molar-refractivity contribution in [3.8, 4) is 22.8 Å². The van der Waals surface area contributed by atoms with Crippen molar-refractivity contribution in [1.82, 2.24) is 25.8 Å². The average Bonchev–Trinajstić information content (AvgIpc) is 3.74. The van der Waals surface area contributed by atoms with Gasteiger partial charge in [0.15, 0.2) is 0 Å². The molecular formula is C42H47N5O8. The third kappa shape index (κ3) is 8.26. The van der Waals surface area contributed by atoms with Gasteiger partial charge in [0.1, 0.15) is 35.2 Å². The number of hydrogen-bond acceptors (Lipinski definition) is 8. The fourth-order valence-electron chi connectivity index (χ4n) is 7.07. The van der Waals surface area contributed by atoms with Crippen molar-refractivity contribution in [2.45, 2.75) is 63.4 Å². The highest BCUT2D eigenvalue weighted by Crippen LogP contribution is 2.45. The van der Waals surface area contributed by atoms with Crippen LogP contribution in [0.1, 0.15) is 45.2 Å². The number of nitrogens with one attached hydrogen (secondary N) is 3. The van der Waals surface area contributed by atoms with Crippen LogP contribution >= 0.6 is 0 Å². The van der Waals surface area contributed by atoms with E-state index in [1.807, 2.05) is 48.5 Å². The second-order valence-electron chi connectivity index (χ2n) is 15.1. The highest BCUT2D eigenvalue weighted by molar-refractivity contribution is 5.96. The third-order valence-corrected chi connectivity index (χ3v) is 10.3. The van der Waals surface area contributed by atoms with E-state index >= 15 is 0 Å². The maximum absolute atomic E-state index is 14.3. The Morgan fingerprint density at radius 3 is 2.31 bits per heavy atom. The molecule has 6 rings (SSSR count). The van der Waals surface area contributed by atoms with E-state index in [1.165, 1.54) is 11.0 Å². The minimum atomic E-state index is -1.53. The van der Waals surface area contributed by atoms with Gasteiger partial charge in [-0.05, 0) is 29.5 Å². The first-order valence-corrected chi connectivity index (χ1v) is 18.2. The van der Waals surface area contributed by atoms with Gasteiger partial charge in [0, 0.05) is 35.4 Å². The normalized spacial score (nSPS) is 21.5. The number of pyridine rings is 1. The molecule has 4 amide bonds. The molecule has 0 spiro atoms. The summed E-state index contributed by atoms with van der Waals surface area (Å²) >= 11 is 0. The first kappa shape index (κ1) is 38.8. The van der Waals surface area contributed by atoms with Gasteiger partial charge in [0.05, 0.1) is 37.5 Å². The van der Waals surface area contributed by atoms with Crippen molar-refractivity contribution in [3.63, 3.8) is 0 Å². The Morgan fingerprint density at radius 1 is 1.02 bits per heavy atom. The van der Waals surface area contributed by atoms with Gasteiger partial charge in [-0.2, -0.15) is 0 Å². The van der Waals surface area contributed by atoms with Gasteiger partial charge in [0.2, 0.25) is 11.8 Å². The lowest BCUT2D eigenvalue weighted by Gasteiger charge is -2.34. The number of amides is 4. The predicted octanol–water partition coefficient (Wildman–Crippen LogP) is 4.85. The lowest BCUT2D eigenvalue weighted by Crippen LogP contribution is -2.59. The number of carbonyl (C=O) groups excluding carboxylic acids is 3. The molecule has 2 fully saturated rings. The third-order valence-electron chi connectivity index (χ3n) is 10.3. The smallest absolute Gasteiger partial charge is 0.330 e. The van der Waals surface area contributed by atoms with E-state index in [2.05, 4.69) is 22.5 Å². The van der Waals surface area contributed by atoms with Crippen LogP contribution in [0.2, 0.25) is 0 Å². The maximum atomic E-state index is 14.3. The number of fused-ring (bicyclic) bond motifs is 1. The number of urea groups is 1. The second kappa shape index (κ2) is 15.8. The minimum absolute atomic E-state index is 0.0291. The lowest BCUT2D eigenvalue weighted by atomic mass is 9.86. The van der Waals surface area contributed by atoms with E-state index < -0.39 is 64.9 Å². The Balaban J connectivity index is 1.30. The van der Waals surface area contributed by atoms with Gasteiger partial charge in [0.25, 0.3) is 0 Å². The number of carboxylic acids is 1. The summed E-state index contributed by atoms with van der Waals surface area (Å²) in [7, 11) is 1.57. The Kier molecular flexibility index (Phi) is 11.1. The molecule has 2 heterocycles. The number of hydrogen-bond donors (Lipinski definition) is 5. The van der Waals surface area contributed by atoms with Crippen LogP contribution < -0.4 is 25.4 Å². The van der Waals surface area contributed by atoms with Gasteiger partial charge in [-0.1, -0.05) is 87.5 Å². The zero-order chi connectivity index (χ0) is 39.5. The van der Waals surface area contributed by atoms with Crippen molar-refractivity contribution in [2.24, 2.45) is 11.3 Å². The SMILES string of the molecule is C=C[C@@H]1C[C@]1(NC(=O)[C@@H]1C[C@@H](Oc2cc(-c3ccccc3)nc3cc(OC)ccc23)CN1C(=O)N[C@H](C(=O)N[C@H](CO)c1ccccc1)C(C)(C)C)C(=O)O. The van der Waals surface area contributed by atoms with E-state index in [9.17, 15) is 29.4 Å². The molecule has 5 N–H and O–H groups in total. The van der Waals surface area contributed by atoms with E-state index in [0.717, 1.165) is 5.56 Å². The number of aromatic nitrogens is 1. The number of likely N-dealkylation sites (tertiary alicyclic amines) is 1. The molecular weight excluding hydrogens is 702 g/mol. The number of aliphatic hydroxyl groups excluding tert-OH is 1. The standard InChI is InChI=1S/C42H47N5O8/c1-6-27-22-42(27,39(51)52)46-37(49)34-20-29(55-35-21-31(25-13-9-7-10-14-25)43-32-19-28(54-5)17-18-30(32)35)23-47(34)40(53)45-36(41(2,3)4)38(50)44-33(24-48)26-15-11-8-12-16-26/h6-19,21,27,29,33-34,36,48H,1,20,22-24H2,2-5H3,(H,44,50)(H,45,53)(H,46,49)(H,51,52)/t27-,29-,33-,34+,36-,42-/m1/s1. The van der Waals surface area contributed by atoms with E-state index in [-0.39, 0.29) is 26.0 Å². The number of ether oxygens (including phenoxy) is 2. The summed E-state index contributed by atoms with van der Waals surface area (Å²) in [6.07, 6.45) is 0.980. The number of benzene rings is 3. The quantitative estimate of drug-likeness (QED) is 0.120. The number of methoxy groups -OCH3 is 1. The molecule has 0 unspecified atom stereocenters. The molecule has 1 saturated carbocycles. The first-order valence-electron chi connectivity index (χ1n) is 18.2. The first-order chi connectivity index (χ1) is 26.3. The summed E-state index contributed by atoms with van der Waals surface area (Å²) in [5.74, 6) is -1.78. The molecule has 2 aliphatic rings. The minimum Gasteiger partial charge on any atom is -0.497 e. The fraction of sp³-hybridized carbons (Fsp3) is 0.357. The Hall–Kier alpha value is -5.95. The van der Waals surface area contributed by atoms with Crippen molar-refractivity contribution in [3.05, 3.63) is 103 Å². The summed E-state index contributed by atoms with van der Waals surface area (Å²) in [5.41, 5.74) is 0.464. The molecule has 3 aromatic carbocycles. The van der Waals surface area contributed by atoms with Crippen molar-refractivity contribution in [2.75, 3.05) is 20.3 Å². The molecule has 13 heteroatoms. The topological polar surface area (TPSA) is 179 Å². The molecule has 1 aliphatic carbocycles. The maximum Gasteiger partial charge on any atom is 0.330 e. The zero-order valence-electron chi connectivity index (χ0n) is 31.3. The summed E-state index contributed by atoms with van der Waals surface area (Å²) in [6, 6.07) is 22.1. The lowest BCUT2D eigenvalue weighted by molar-refractivity contribution is -0.144. The fourth-order valence-corrected chi connectivity index (χ4v) is 7.07. The predicted molar refractivity (Wildman–Crippen MR) is 206 cm³/mol. The molecule has 6 atom stereocenters. The Morgan fingerprint density at radius 2 is 1.71 bits per heavy atom. The average molecular weight is 750 g/mol. The number of aliphatic carboxylic acids is 1. The van der Waals surface area contributed by atoms with Crippen molar-refractivity contribution >= 4 is 34.7 Å². The van der Waals surface area contributed by atoms with Gasteiger partial charge in [-0.3, -0.25) is 9.59 Å². The van der Waals surface area contributed by atoms with Crippen LogP contribution in [0.4, 0.5) is 4.79 Å². The van der Waals surface area contributed by atoms with Crippen LogP contribution in [0.3, 0.4) is 0 Å². The highest BCUT2D eigenvalue weighted by Gasteiger charge is 2.61. The monoisotopic (exact) mass is 749 g/mol. The number of nitrogens with zero attached hydrogens (tertiary/aromatic N) is 2. The molecule has 1 saturated heterocycles. The van der Waals surface area contributed by atoms with Crippen LogP contribution in [0.15, 0.2) is 97.6 Å². The molecule has 0 bridgehead atoms. The van der Waals surface area contributed by atoms with E-state index in [0.29, 0.717) is 33.7 Å². The van der Waals surface area contributed by atoms with Crippen LogP contribution in [-0.2, 0) is 14.4 Å². The Labute approximate surface area is 319 Å². The van der Waals surface area contributed by atoms with Gasteiger partial charge < -0.3 is 40.5 Å². The van der Waals surface area contributed by atoms with Crippen LogP contribution in [0, 0.1) is 11.3 Å². The number of carbonyl (C=O) groups is 4. The van der Waals surface area contributed by atoms with E-state index in [4.69, 9.17) is 14.5 Å². The zero-order valence-corrected chi connectivity index (χ0v) is 31.3. The van der Waals surface area contributed by atoms with E-state index in [1.54, 1.807) is 64.3 Å². The summed E-state index contributed by atoms with van der Waals surface area (Å²) in [6.45, 7) is 8.67. The Bertz CT molecular complexity index is 2070. The number of rotatable bonds is 13. The van der Waals surface area contributed by atoms with Gasteiger partial charge in [-0.15, -0.1) is 6.58 Å². The van der Waals surface area contributed by atoms with Gasteiger partial charge >= 0.3 is 12.0 Å². The molecule has 13 nitrogen and oxygen atoms in total. The van der Waals surface area contributed by atoms with Crippen molar-refractivity contribution in [1.29, 1.82) is 0 Å². The van der Waals surface area contributed by atoms with Gasteiger partial charge in [-0.25, -0.2) is 14.6 Å². The second-order valence-corrected chi connectivity index (χ2v) is 15.1. The number of carboxylic acid groups (broad SMARTS) is 1. The van der Waals surface area contributed by atoms with Crippen LogP contribution in [0.5, 0.6) is 11.5 Å². The molecule has 288 valence electrons. The molecule has 55 heavy (non-hydrogen) atoms. The van der Waals surface area contributed by atoms with Crippen molar-refractivity contribution < 1.29 is 38.9 Å². The molecule has 4 aromatic rings. The molecule has 0 radical (unpaired) electrons. The largest absolute Gasteiger partial charge is 0.497 e. The summed E-state index contributed by atoms with van der Waals surface area (Å²) in [4.78, 5) is 60.6. The van der Waals surface area contributed by atoms with Crippen LogP contribution in [0.25, 0.3) is 22.2 Å². The summed E-state index contributed by atoms with van der Waals surface area (Å²) in [5, 5.41) is 29.3. The molecule has 1 aromatic heterocycles. The molecule has 1 aliphatic heterocycles. The number of aliphatic hydroxyl groups is 1. The van der Waals surface area contributed by atoms with Crippen LogP contribution in [-0.4, -0.2) is 87.9 Å². The highest BCUT2D eigenvalue weighted by atomic mass is 16.5.